The van der Waals surface area contributed by atoms with Gasteiger partial charge in [0.25, 0.3) is 0 Å². The summed E-state index contributed by atoms with van der Waals surface area (Å²) in [6.07, 6.45) is 3.52. The zero-order valence-electron chi connectivity index (χ0n) is 7.28. The van der Waals surface area contributed by atoms with Gasteiger partial charge in [0.2, 0.25) is 5.28 Å². The second-order valence-electron chi connectivity index (χ2n) is 2.75. The van der Waals surface area contributed by atoms with Crippen molar-refractivity contribution in [2.45, 2.75) is 0 Å². The molecule has 0 aliphatic carbocycles. The summed E-state index contributed by atoms with van der Waals surface area (Å²) in [6, 6.07) is 1.64. The van der Waals surface area contributed by atoms with E-state index in [1.54, 1.807) is 16.9 Å². The molecule has 0 fully saturated rings. The molecule has 0 saturated carbocycles. The van der Waals surface area contributed by atoms with Crippen molar-refractivity contribution in [3.8, 4) is 11.3 Å². The zero-order chi connectivity index (χ0) is 10.1. The number of halogens is 2. The Balaban J connectivity index is 2.51. The highest BCUT2D eigenvalue weighted by Crippen LogP contribution is 2.20. The second kappa shape index (κ2) is 3.55. The predicted molar refractivity (Wildman–Crippen MR) is 54.3 cm³/mol. The van der Waals surface area contributed by atoms with Gasteiger partial charge in [-0.25, -0.2) is 9.97 Å². The Bertz CT molecular complexity index is 446. The van der Waals surface area contributed by atoms with Crippen LogP contribution in [0.25, 0.3) is 11.3 Å². The highest BCUT2D eigenvalue weighted by Gasteiger charge is 2.05. The molecule has 0 spiro atoms. The van der Waals surface area contributed by atoms with Crippen molar-refractivity contribution in [3.05, 3.63) is 28.9 Å². The summed E-state index contributed by atoms with van der Waals surface area (Å²) in [6.45, 7) is 0. The third kappa shape index (κ3) is 1.86. The van der Waals surface area contributed by atoms with Crippen molar-refractivity contribution in [1.29, 1.82) is 0 Å². The summed E-state index contributed by atoms with van der Waals surface area (Å²) < 4.78 is 1.68. The lowest BCUT2D eigenvalue weighted by Gasteiger charge is -1.97. The molecule has 4 nitrogen and oxygen atoms in total. The Kier molecular flexibility index (Phi) is 2.39. The van der Waals surface area contributed by atoms with Gasteiger partial charge in [-0.3, -0.25) is 4.68 Å². The van der Waals surface area contributed by atoms with Crippen LogP contribution in [0.5, 0.6) is 0 Å². The van der Waals surface area contributed by atoms with E-state index < -0.39 is 0 Å². The van der Waals surface area contributed by atoms with E-state index in [0.717, 1.165) is 5.56 Å². The third-order valence-corrected chi connectivity index (χ3v) is 2.03. The number of aryl methyl sites for hydroxylation is 1. The van der Waals surface area contributed by atoms with E-state index in [1.165, 1.54) is 0 Å². The van der Waals surface area contributed by atoms with E-state index in [4.69, 9.17) is 23.2 Å². The maximum absolute atomic E-state index is 5.74. The van der Waals surface area contributed by atoms with Gasteiger partial charge in [-0.05, 0) is 11.6 Å². The summed E-state index contributed by atoms with van der Waals surface area (Å²) in [4.78, 5) is 7.79. The topological polar surface area (TPSA) is 43.6 Å². The molecular weight excluding hydrogens is 223 g/mol. The Hall–Kier alpha value is -1.13. The highest BCUT2D eigenvalue weighted by molar-refractivity contribution is 6.32. The first-order valence-corrected chi connectivity index (χ1v) is 4.60. The van der Waals surface area contributed by atoms with E-state index in [2.05, 4.69) is 15.1 Å². The summed E-state index contributed by atoms with van der Waals surface area (Å²) in [7, 11) is 1.83. The molecule has 0 aliphatic rings. The van der Waals surface area contributed by atoms with Gasteiger partial charge in [0.15, 0.2) is 0 Å². The number of hydrogen-bond donors (Lipinski definition) is 0. The van der Waals surface area contributed by atoms with Crippen LogP contribution in [0.2, 0.25) is 10.4 Å². The average molecular weight is 229 g/mol. The maximum Gasteiger partial charge on any atom is 0.224 e. The van der Waals surface area contributed by atoms with E-state index in [-0.39, 0.29) is 5.28 Å². The molecule has 2 aromatic heterocycles. The normalized spacial score (nSPS) is 10.5. The van der Waals surface area contributed by atoms with E-state index >= 15 is 0 Å². The van der Waals surface area contributed by atoms with Gasteiger partial charge in [0.05, 0.1) is 11.9 Å². The Morgan fingerprint density at radius 3 is 2.64 bits per heavy atom. The monoisotopic (exact) mass is 228 g/mol. The molecule has 6 heteroatoms. The number of hydrogen-bond acceptors (Lipinski definition) is 3. The SMILES string of the molecule is Cn1cc(-c2cc(Cl)nc(Cl)n2)cn1. The molecular formula is C8H6Cl2N4. The molecule has 72 valence electrons. The maximum atomic E-state index is 5.74. The van der Waals surface area contributed by atoms with Crippen LogP contribution in [0.3, 0.4) is 0 Å². The smallest absolute Gasteiger partial charge is 0.224 e. The van der Waals surface area contributed by atoms with Crippen molar-refractivity contribution < 1.29 is 0 Å². The highest BCUT2D eigenvalue weighted by atomic mass is 35.5. The molecule has 0 saturated heterocycles. The lowest BCUT2D eigenvalue weighted by atomic mass is 10.2. The molecule has 0 bridgehead atoms. The Morgan fingerprint density at radius 1 is 1.29 bits per heavy atom. The fourth-order valence-corrected chi connectivity index (χ4v) is 1.50. The molecule has 0 aromatic carbocycles. The quantitative estimate of drug-likeness (QED) is 0.556. The molecule has 0 atom stereocenters. The lowest BCUT2D eigenvalue weighted by molar-refractivity contribution is 0.768. The summed E-state index contributed by atoms with van der Waals surface area (Å²) in [5.74, 6) is 0. The fourth-order valence-electron chi connectivity index (χ4n) is 1.09. The van der Waals surface area contributed by atoms with Crippen molar-refractivity contribution in [2.75, 3.05) is 0 Å². The minimum Gasteiger partial charge on any atom is -0.275 e. The van der Waals surface area contributed by atoms with Crippen LogP contribution in [-0.4, -0.2) is 19.7 Å². The van der Waals surface area contributed by atoms with Crippen molar-refractivity contribution in [3.63, 3.8) is 0 Å². The van der Waals surface area contributed by atoms with Crippen LogP contribution in [0.4, 0.5) is 0 Å². The van der Waals surface area contributed by atoms with Gasteiger partial charge >= 0.3 is 0 Å². The number of aromatic nitrogens is 4. The summed E-state index contributed by atoms with van der Waals surface area (Å²) in [5, 5.41) is 4.48. The van der Waals surface area contributed by atoms with E-state index in [9.17, 15) is 0 Å². The van der Waals surface area contributed by atoms with Gasteiger partial charge in [0, 0.05) is 24.9 Å². The van der Waals surface area contributed by atoms with Crippen molar-refractivity contribution in [1.82, 2.24) is 19.7 Å². The first-order chi connectivity index (χ1) is 6.65. The second-order valence-corrected chi connectivity index (χ2v) is 3.47. The predicted octanol–water partition coefficient (Wildman–Crippen LogP) is 2.18. The first kappa shape index (κ1) is 9.43. The van der Waals surface area contributed by atoms with Crippen LogP contribution in [0.15, 0.2) is 18.5 Å². The van der Waals surface area contributed by atoms with Gasteiger partial charge in [0.1, 0.15) is 5.15 Å². The summed E-state index contributed by atoms with van der Waals surface area (Å²) >= 11 is 11.4. The van der Waals surface area contributed by atoms with Crippen LogP contribution in [0.1, 0.15) is 0 Å². The van der Waals surface area contributed by atoms with Gasteiger partial charge in [-0.1, -0.05) is 11.6 Å². The van der Waals surface area contributed by atoms with Gasteiger partial charge < -0.3 is 0 Å². The van der Waals surface area contributed by atoms with Crippen molar-refractivity contribution in [2.24, 2.45) is 7.05 Å². The number of rotatable bonds is 1. The zero-order valence-corrected chi connectivity index (χ0v) is 8.79. The fraction of sp³-hybridized carbons (Fsp3) is 0.125. The molecule has 2 aromatic rings. The minimum absolute atomic E-state index is 0.136. The van der Waals surface area contributed by atoms with E-state index in [1.807, 2.05) is 13.2 Å². The first-order valence-electron chi connectivity index (χ1n) is 3.84. The Morgan fingerprint density at radius 2 is 2.07 bits per heavy atom. The molecule has 0 radical (unpaired) electrons. The van der Waals surface area contributed by atoms with Gasteiger partial charge in [-0.15, -0.1) is 0 Å². The molecule has 0 aliphatic heterocycles. The van der Waals surface area contributed by atoms with Crippen LogP contribution < -0.4 is 0 Å². The number of nitrogens with zero attached hydrogens (tertiary/aromatic N) is 4. The molecule has 0 N–H and O–H groups in total. The molecule has 14 heavy (non-hydrogen) atoms. The molecule has 2 heterocycles. The minimum atomic E-state index is 0.136. The average Bonchev–Trinajstić information content (AvgIpc) is 2.50. The Labute approximate surface area is 90.5 Å². The van der Waals surface area contributed by atoms with Gasteiger partial charge in [-0.2, -0.15) is 5.10 Å². The lowest BCUT2D eigenvalue weighted by Crippen LogP contribution is -1.87. The molecule has 2 rings (SSSR count). The van der Waals surface area contributed by atoms with Crippen LogP contribution in [0, 0.1) is 0 Å². The van der Waals surface area contributed by atoms with Crippen LogP contribution in [-0.2, 0) is 7.05 Å². The van der Waals surface area contributed by atoms with E-state index in [0.29, 0.717) is 10.8 Å². The van der Waals surface area contributed by atoms with Crippen LogP contribution >= 0.6 is 23.2 Å². The standard InChI is InChI=1S/C8H6Cl2N4/c1-14-4-5(3-11-14)6-2-7(9)13-8(10)12-6/h2-4H,1H3. The third-order valence-electron chi connectivity index (χ3n) is 1.67. The molecule has 0 unspecified atom stereocenters. The van der Waals surface area contributed by atoms with Crippen molar-refractivity contribution >= 4 is 23.2 Å². The molecule has 0 amide bonds. The summed E-state index contributed by atoms with van der Waals surface area (Å²) in [5.41, 5.74) is 1.53. The largest absolute Gasteiger partial charge is 0.275 e.